The van der Waals surface area contributed by atoms with Gasteiger partial charge in [-0.1, -0.05) is 25.0 Å². The third-order valence-electron chi connectivity index (χ3n) is 3.70. The highest BCUT2D eigenvalue weighted by atomic mass is 16.3. The lowest BCUT2D eigenvalue weighted by Gasteiger charge is -2.32. The predicted molar refractivity (Wildman–Crippen MR) is 70.8 cm³/mol. The molecule has 4 N–H and O–H groups in total. The molecular formula is C14H22N2O. The number of aliphatic hydroxyl groups is 1. The lowest BCUT2D eigenvalue weighted by Crippen LogP contribution is -2.36. The van der Waals surface area contributed by atoms with Gasteiger partial charge in [-0.25, -0.2) is 0 Å². The zero-order valence-corrected chi connectivity index (χ0v) is 10.2. The van der Waals surface area contributed by atoms with Crippen LogP contribution < -0.4 is 11.1 Å². The molecule has 2 unspecified atom stereocenters. The van der Waals surface area contributed by atoms with E-state index < -0.39 is 0 Å². The van der Waals surface area contributed by atoms with Crippen LogP contribution >= 0.6 is 0 Å². The molecule has 1 aromatic carbocycles. The zero-order valence-electron chi connectivity index (χ0n) is 10.2. The Bertz CT molecular complexity index is 337. The van der Waals surface area contributed by atoms with Crippen molar-refractivity contribution in [1.82, 2.24) is 0 Å². The molecule has 1 aliphatic rings. The number of benzene rings is 1. The van der Waals surface area contributed by atoms with Crippen LogP contribution in [0.4, 0.5) is 5.69 Å². The van der Waals surface area contributed by atoms with E-state index in [1.165, 1.54) is 25.7 Å². The van der Waals surface area contributed by atoms with Gasteiger partial charge in [-0.3, -0.25) is 0 Å². The van der Waals surface area contributed by atoms with Gasteiger partial charge in [0.25, 0.3) is 0 Å². The van der Waals surface area contributed by atoms with Crippen molar-refractivity contribution in [2.24, 2.45) is 11.7 Å². The molecule has 3 heteroatoms. The van der Waals surface area contributed by atoms with E-state index in [0.717, 1.165) is 17.8 Å². The Morgan fingerprint density at radius 1 is 1.18 bits per heavy atom. The molecule has 1 saturated carbocycles. The molecular weight excluding hydrogens is 212 g/mol. The fourth-order valence-corrected chi connectivity index (χ4v) is 2.60. The van der Waals surface area contributed by atoms with Gasteiger partial charge in [0, 0.05) is 11.7 Å². The summed E-state index contributed by atoms with van der Waals surface area (Å²) in [5, 5.41) is 12.6. The van der Waals surface area contributed by atoms with Crippen molar-refractivity contribution >= 4 is 5.69 Å². The second-order valence-electron chi connectivity index (χ2n) is 4.89. The third kappa shape index (κ3) is 3.20. The monoisotopic (exact) mass is 234 g/mol. The number of nitrogens with two attached hydrogens (primary N) is 1. The molecule has 17 heavy (non-hydrogen) atoms. The van der Waals surface area contributed by atoms with Crippen LogP contribution in [-0.4, -0.2) is 17.7 Å². The molecule has 94 valence electrons. The van der Waals surface area contributed by atoms with Crippen LogP contribution in [0.5, 0.6) is 0 Å². The van der Waals surface area contributed by atoms with Gasteiger partial charge in [0.15, 0.2) is 0 Å². The van der Waals surface area contributed by atoms with E-state index in [1.54, 1.807) is 0 Å². The Morgan fingerprint density at radius 3 is 2.53 bits per heavy atom. The molecule has 1 aromatic rings. The van der Waals surface area contributed by atoms with E-state index in [4.69, 9.17) is 10.8 Å². The quantitative estimate of drug-likeness (QED) is 0.748. The number of anilines is 1. The zero-order chi connectivity index (χ0) is 12.1. The largest absolute Gasteiger partial charge is 0.392 e. The lowest BCUT2D eigenvalue weighted by molar-refractivity contribution is 0.282. The van der Waals surface area contributed by atoms with E-state index >= 15 is 0 Å². The van der Waals surface area contributed by atoms with Crippen LogP contribution in [0.1, 0.15) is 31.2 Å². The molecule has 0 aromatic heterocycles. The summed E-state index contributed by atoms with van der Waals surface area (Å²) in [5.74, 6) is 0.598. The maximum Gasteiger partial charge on any atom is 0.0681 e. The maximum atomic E-state index is 8.99. The Hall–Kier alpha value is -1.06. The van der Waals surface area contributed by atoms with Crippen molar-refractivity contribution in [3.8, 4) is 0 Å². The molecule has 1 aliphatic carbocycles. The molecule has 3 nitrogen and oxygen atoms in total. The molecule has 1 fully saturated rings. The highest BCUT2D eigenvalue weighted by Crippen LogP contribution is 2.26. The standard InChI is InChI=1S/C14H22N2O/c15-9-12-3-1-2-4-14(12)16-13-7-5-11(10-17)6-8-13/h5-8,12,14,16-17H,1-4,9-10,15H2. The van der Waals surface area contributed by atoms with Gasteiger partial charge in [-0.15, -0.1) is 0 Å². The smallest absolute Gasteiger partial charge is 0.0681 e. The first-order chi connectivity index (χ1) is 8.33. The average Bonchev–Trinajstić information content (AvgIpc) is 2.40. The molecule has 0 bridgehead atoms. The first-order valence-electron chi connectivity index (χ1n) is 6.50. The summed E-state index contributed by atoms with van der Waals surface area (Å²) in [6.45, 7) is 0.877. The normalized spacial score (nSPS) is 24.6. The molecule has 2 atom stereocenters. The van der Waals surface area contributed by atoms with Gasteiger partial charge in [-0.2, -0.15) is 0 Å². The lowest BCUT2D eigenvalue weighted by atomic mass is 9.84. The van der Waals surface area contributed by atoms with E-state index in [1.807, 2.05) is 24.3 Å². The van der Waals surface area contributed by atoms with Crippen molar-refractivity contribution in [1.29, 1.82) is 0 Å². The van der Waals surface area contributed by atoms with Crippen LogP contribution in [-0.2, 0) is 6.61 Å². The molecule has 0 heterocycles. The summed E-state index contributed by atoms with van der Waals surface area (Å²) < 4.78 is 0. The Kier molecular flexibility index (Phi) is 4.40. The number of hydrogen-bond donors (Lipinski definition) is 3. The summed E-state index contributed by atoms with van der Waals surface area (Å²) in [7, 11) is 0. The SMILES string of the molecule is NCC1CCCCC1Nc1ccc(CO)cc1. The fourth-order valence-electron chi connectivity index (χ4n) is 2.60. The summed E-state index contributed by atoms with van der Waals surface area (Å²) in [6, 6.07) is 8.50. The van der Waals surface area contributed by atoms with E-state index in [2.05, 4.69) is 5.32 Å². The number of hydrogen-bond acceptors (Lipinski definition) is 3. The molecule has 2 rings (SSSR count). The van der Waals surface area contributed by atoms with Crippen molar-refractivity contribution in [2.75, 3.05) is 11.9 Å². The summed E-state index contributed by atoms with van der Waals surface area (Å²) in [5.41, 5.74) is 7.91. The summed E-state index contributed by atoms with van der Waals surface area (Å²) in [6.07, 6.45) is 5.05. The highest BCUT2D eigenvalue weighted by Gasteiger charge is 2.23. The van der Waals surface area contributed by atoms with Crippen LogP contribution in [0.3, 0.4) is 0 Å². The molecule has 0 aliphatic heterocycles. The molecule has 0 radical (unpaired) electrons. The third-order valence-corrected chi connectivity index (χ3v) is 3.70. The van der Waals surface area contributed by atoms with Gasteiger partial charge in [0.2, 0.25) is 0 Å². The van der Waals surface area contributed by atoms with Crippen molar-refractivity contribution in [3.05, 3.63) is 29.8 Å². The van der Waals surface area contributed by atoms with Crippen molar-refractivity contribution in [3.63, 3.8) is 0 Å². The topological polar surface area (TPSA) is 58.3 Å². The fraction of sp³-hybridized carbons (Fsp3) is 0.571. The molecule has 0 spiro atoms. The number of aliphatic hydroxyl groups excluding tert-OH is 1. The minimum Gasteiger partial charge on any atom is -0.392 e. The molecule has 0 saturated heterocycles. The minimum atomic E-state index is 0.106. The van der Waals surface area contributed by atoms with E-state index in [-0.39, 0.29) is 6.61 Å². The second-order valence-corrected chi connectivity index (χ2v) is 4.89. The van der Waals surface area contributed by atoms with Gasteiger partial charge in [-0.05, 0) is 43.0 Å². The number of rotatable bonds is 4. The van der Waals surface area contributed by atoms with Crippen LogP contribution in [0.15, 0.2) is 24.3 Å². The van der Waals surface area contributed by atoms with Gasteiger partial charge < -0.3 is 16.2 Å². The minimum absolute atomic E-state index is 0.106. The van der Waals surface area contributed by atoms with E-state index in [0.29, 0.717) is 12.0 Å². The first-order valence-corrected chi connectivity index (χ1v) is 6.50. The van der Waals surface area contributed by atoms with Crippen LogP contribution in [0.2, 0.25) is 0 Å². The second kappa shape index (κ2) is 6.03. The van der Waals surface area contributed by atoms with Gasteiger partial charge in [0.1, 0.15) is 0 Å². The summed E-state index contributed by atoms with van der Waals surface area (Å²) in [4.78, 5) is 0. The maximum absolute atomic E-state index is 8.99. The Labute approximate surface area is 103 Å². The van der Waals surface area contributed by atoms with Gasteiger partial charge >= 0.3 is 0 Å². The average molecular weight is 234 g/mol. The predicted octanol–water partition coefficient (Wildman–Crippen LogP) is 2.11. The Morgan fingerprint density at radius 2 is 1.88 bits per heavy atom. The van der Waals surface area contributed by atoms with Gasteiger partial charge in [0.05, 0.1) is 6.61 Å². The van der Waals surface area contributed by atoms with Crippen LogP contribution in [0.25, 0.3) is 0 Å². The molecule has 0 amide bonds. The van der Waals surface area contributed by atoms with Crippen molar-refractivity contribution < 1.29 is 5.11 Å². The highest BCUT2D eigenvalue weighted by molar-refractivity contribution is 5.45. The number of nitrogens with one attached hydrogen (secondary N) is 1. The van der Waals surface area contributed by atoms with Crippen LogP contribution in [0, 0.1) is 5.92 Å². The van der Waals surface area contributed by atoms with Crippen molar-refractivity contribution in [2.45, 2.75) is 38.3 Å². The summed E-state index contributed by atoms with van der Waals surface area (Å²) >= 11 is 0. The Balaban J connectivity index is 1.98. The van der Waals surface area contributed by atoms with E-state index in [9.17, 15) is 0 Å². The first kappa shape index (κ1) is 12.4.